The van der Waals surface area contributed by atoms with E-state index in [4.69, 9.17) is 9.25 Å². The Balaban J connectivity index is 1.54. The quantitative estimate of drug-likeness (QED) is 0.701. The molecule has 0 aliphatic carbocycles. The second kappa shape index (κ2) is 7.27. The zero-order valence-electron chi connectivity index (χ0n) is 14.1. The summed E-state index contributed by atoms with van der Waals surface area (Å²) in [5, 5.41) is 4.13. The van der Waals surface area contributed by atoms with Gasteiger partial charge in [0.15, 0.2) is 0 Å². The van der Waals surface area contributed by atoms with Crippen LogP contribution in [0.15, 0.2) is 88.6 Å². The van der Waals surface area contributed by atoms with Crippen LogP contribution in [0.1, 0.15) is 17.7 Å². The monoisotopic (exact) mass is 346 g/mol. The van der Waals surface area contributed by atoms with Crippen molar-refractivity contribution < 1.29 is 14.0 Å². The van der Waals surface area contributed by atoms with Gasteiger partial charge in [-0.25, -0.2) is 0 Å². The van der Waals surface area contributed by atoms with Gasteiger partial charge in [0.1, 0.15) is 5.76 Å². The fourth-order valence-corrected chi connectivity index (χ4v) is 2.95. The first kappa shape index (κ1) is 16.1. The number of hydrogen-bond acceptors (Lipinski definition) is 4. The lowest BCUT2D eigenvalue weighted by Crippen LogP contribution is -2.39. The molecule has 0 N–H and O–H groups in total. The van der Waals surface area contributed by atoms with Crippen LogP contribution in [0.4, 0.5) is 5.69 Å². The average Bonchev–Trinajstić information content (AvgIpc) is 3.39. The number of para-hydroxylation sites is 1. The Hall–Kier alpha value is -3.34. The molecule has 1 atom stereocenters. The van der Waals surface area contributed by atoms with Gasteiger partial charge >= 0.3 is 0 Å². The van der Waals surface area contributed by atoms with Crippen molar-refractivity contribution in [3.05, 3.63) is 90.4 Å². The summed E-state index contributed by atoms with van der Waals surface area (Å²) in [6.45, 7) is 0.344. The molecule has 0 spiro atoms. The number of amides is 1. The Kier molecular flexibility index (Phi) is 4.51. The number of rotatable bonds is 5. The molecule has 2 aromatic carbocycles. The lowest BCUT2D eigenvalue weighted by molar-refractivity contribution is -0.128. The van der Waals surface area contributed by atoms with Gasteiger partial charge in [0, 0.05) is 12.1 Å². The number of hydrogen-bond donors (Lipinski definition) is 0. The number of anilines is 1. The summed E-state index contributed by atoms with van der Waals surface area (Å²) in [5.41, 5.74) is 2.56. The Bertz CT molecular complexity index is 890. The third kappa shape index (κ3) is 3.37. The summed E-state index contributed by atoms with van der Waals surface area (Å²) in [6.07, 6.45) is 1.41. The van der Waals surface area contributed by atoms with Gasteiger partial charge in [-0.05, 0) is 29.8 Å². The third-order valence-electron chi connectivity index (χ3n) is 4.28. The molecule has 1 aliphatic heterocycles. The highest BCUT2D eigenvalue weighted by Crippen LogP contribution is 2.23. The highest BCUT2D eigenvalue weighted by atomic mass is 16.6. The first-order valence-electron chi connectivity index (χ1n) is 8.48. The minimum Gasteiger partial charge on any atom is -0.467 e. The van der Waals surface area contributed by atoms with Gasteiger partial charge in [0.2, 0.25) is 6.10 Å². The fourth-order valence-electron chi connectivity index (χ4n) is 2.95. The molecule has 0 saturated heterocycles. The molecule has 5 nitrogen and oxygen atoms in total. The molecule has 130 valence electrons. The minimum atomic E-state index is -0.639. The van der Waals surface area contributed by atoms with Crippen LogP contribution in [-0.2, 0) is 16.2 Å². The molecule has 26 heavy (non-hydrogen) atoms. The van der Waals surface area contributed by atoms with Gasteiger partial charge in [0.05, 0.1) is 18.5 Å². The van der Waals surface area contributed by atoms with Crippen molar-refractivity contribution in [2.75, 3.05) is 4.90 Å². The molecule has 1 aliphatic rings. The minimum absolute atomic E-state index is 0.137. The Morgan fingerprint density at radius 2 is 1.73 bits per heavy atom. The van der Waals surface area contributed by atoms with Crippen molar-refractivity contribution in [3.8, 4) is 0 Å². The van der Waals surface area contributed by atoms with Gasteiger partial charge in [-0.2, -0.15) is 0 Å². The summed E-state index contributed by atoms with van der Waals surface area (Å²) in [5.74, 6) is 0.576. The van der Waals surface area contributed by atoms with Crippen LogP contribution >= 0.6 is 0 Å². The highest BCUT2D eigenvalue weighted by Gasteiger charge is 2.33. The maximum Gasteiger partial charge on any atom is 0.271 e. The summed E-state index contributed by atoms with van der Waals surface area (Å²) >= 11 is 0. The van der Waals surface area contributed by atoms with E-state index in [1.165, 1.54) is 0 Å². The summed E-state index contributed by atoms with van der Waals surface area (Å²) in [6, 6.07) is 22.9. The normalized spacial score (nSPS) is 16.0. The van der Waals surface area contributed by atoms with Crippen molar-refractivity contribution >= 4 is 17.3 Å². The van der Waals surface area contributed by atoms with Gasteiger partial charge < -0.3 is 14.2 Å². The SMILES string of the molecule is O=C([C@@H]1CC(c2ccccc2)=NO1)N(Cc1ccco1)c1ccccc1. The Labute approximate surface area is 151 Å². The van der Waals surface area contributed by atoms with Crippen LogP contribution in [0, 0.1) is 0 Å². The number of benzene rings is 2. The van der Waals surface area contributed by atoms with E-state index in [0.717, 1.165) is 17.0 Å². The first-order valence-corrected chi connectivity index (χ1v) is 8.48. The maximum absolute atomic E-state index is 13.1. The number of furan rings is 1. The van der Waals surface area contributed by atoms with E-state index in [9.17, 15) is 4.79 Å². The average molecular weight is 346 g/mol. The van der Waals surface area contributed by atoms with E-state index < -0.39 is 6.10 Å². The molecule has 1 aromatic heterocycles. The van der Waals surface area contributed by atoms with Crippen molar-refractivity contribution in [2.45, 2.75) is 19.1 Å². The largest absolute Gasteiger partial charge is 0.467 e. The molecule has 0 radical (unpaired) electrons. The molecule has 0 fully saturated rings. The van der Waals surface area contributed by atoms with Crippen LogP contribution < -0.4 is 4.90 Å². The predicted molar refractivity (Wildman–Crippen MR) is 98.8 cm³/mol. The Morgan fingerprint density at radius 1 is 1.00 bits per heavy atom. The smallest absolute Gasteiger partial charge is 0.271 e. The molecular weight excluding hydrogens is 328 g/mol. The molecule has 4 rings (SSSR count). The second-order valence-electron chi connectivity index (χ2n) is 6.04. The van der Waals surface area contributed by atoms with Gasteiger partial charge in [-0.15, -0.1) is 0 Å². The molecule has 3 aromatic rings. The maximum atomic E-state index is 13.1. The molecular formula is C21H18N2O3. The lowest BCUT2D eigenvalue weighted by atomic mass is 10.0. The first-order chi connectivity index (χ1) is 12.8. The van der Waals surface area contributed by atoms with Crippen molar-refractivity contribution in [2.24, 2.45) is 5.16 Å². The highest BCUT2D eigenvalue weighted by molar-refractivity contribution is 6.06. The summed E-state index contributed by atoms with van der Waals surface area (Å²) < 4.78 is 5.43. The number of carbonyl (C=O) groups is 1. The second-order valence-corrected chi connectivity index (χ2v) is 6.04. The van der Waals surface area contributed by atoms with Crippen molar-refractivity contribution in [3.63, 3.8) is 0 Å². The standard InChI is InChI=1S/C21H18N2O3/c24-21(20-14-19(22-26-20)16-8-3-1-4-9-16)23(15-18-12-7-13-25-18)17-10-5-2-6-11-17/h1-13,20H,14-15H2/t20-/m0/s1. The van der Waals surface area contributed by atoms with E-state index in [1.807, 2.05) is 72.8 Å². The van der Waals surface area contributed by atoms with Crippen LogP contribution in [0.25, 0.3) is 0 Å². The molecule has 2 heterocycles. The molecule has 0 bridgehead atoms. The molecule has 0 saturated carbocycles. The zero-order chi connectivity index (χ0) is 17.8. The zero-order valence-corrected chi connectivity index (χ0v) is 14.1. The molecule has 0 unspecified atom stereocenters. The summed E-state index contributed by atoms with van der Waals surface area (Å²) in [7, 11) is 0. The van der Waals surface area contributed by atoms with E-state index in [2.05, 4.69) is 5.16 Å². The number of carbonyl (C=O) groups excluding carboxylic acids is 1. The number of nitrogens with zero attached hydrogens (tertiary/aromatic N) is 2. The van der Waals surface area contributed by atoms with Crippen LogP contribution in [0.3, 0.4) is 0 Å². The summed E-state index contributed by atoms with van der Waals surface area (Å²) in [4.78, 5) is 20.3. The van der Waals surface area contributed by atoms with E-state index in [-0.39, 0.29) is 5.91 Å². The van der Waals surface area contributed by atoms with E-state index >= 15 is 0 Å². The molecule has 1 amide bonds. The fraction of sp³-hybridized carbons (Fsp3) is 0.143. The van der Waals surface area contributed by atoms with Crippen LogP contribution in [0.2, 0.25) is 0 Å². The Morgan fingerprint density at radius 3 is 2.42 bits per heavy atom. The van der Waals surface area contributed by atoms with Crippen molar-refractivity contribution in [1.82, 2.24) is 0 Å². The van der Waals surface area contributed by atoms with Gasteiger partial charge in [-0.1, -0.05) is 53.7 Å². The lowest BCUT2D eigenvalue weighted by Gasteiger charge is -2.24. The van der Waals surface area contributed by atoms with E-state index in [0.29, 0.717) is 18.7 Å². The van der Waals surface area contributed by atoms with Gasteiger partial charge in [-0.3, -0.25) is 4.79 Å². The van der Waals surface area contributed by atoms with Crippen LogP contribution in [0.5, 0.6) is 0 Å². The topological polar surface area (TPSA) is 55.0 Å². The molecule has 5 heteroatoms. The number of oxime groups is 1. The van der Waals surface area contributed by atoms with E-state index in [1.54, 1.807) is 11.2 Å². The van der Waals surface area contributed by atoms with Crippen LogP contribution in [-0.4, -0.2) is 17.7 Å². The predicted octanol–water partition coefficient (Wildman–Crippen LogP) is 4.01. The van der Waals surface area contributed by atoms with Gasteiger partial charge in [0.25, 0.3) is 5.91 Å². The van der Waals surface area contributed by atoms with Crippen molar-refractivity contribution in [1.29, 1.82) is 0 Å². The third-order valence-corrected chi connectivity index (χ3v) is 4.28.